The molecule has 13 heavy (non-hydrogen) atoms. The van der Waals surface area contributed by atoms with E-state index in [2.05, 4.69) is 21.2 Å². The van der Waals surface area contributed by atoms with Gasteiger partial charge in [-0.2, -0.15) is 0 Å². The highest BCUT2D eigenvalue weighted by molar-refractivity contribution is 9.10. The Balaban J connectivity index is 2.50. The molecule has 3 nitrogen and oxygen atoms in total. The van der Waals surface area contributed by atoms with Crippen molar-refractivity contribution in [2.75, 3.05) is 5.32 Å². The molecular weight excluding hydrogens is 254 g/mol. The van der Waals surface area contributed by atoms with E-state index in [9.17, 15) is 9.59 Å². The zero-order chi connectivity index (χ0) is 9.84. The quantitative estimate of drug-likeness (QED) is 0.850. The summed E-state index contributed by atoms with van der Waals surface area (Å²) in [6.07, 6.45) is -0.0600. The Morgan fingerprint density at radius 2 is 2.31 bits per heavy atom. The van der Waals surface area contributed by atoms with Gasteiger partial charge in [0.2, 0.25) is 5.91 Å². The number of rotatable bonds is 3. The van der Waals surface area contributed by atoms with Crippen molar-refractivity contribution >= 4 is 44.0 Å². The molecule has 1 rings (SSSR count). The Morgan fingerprint density at radius 3 is 2.77 bits per heavy atom. The third-order valence-electron chi connectivity index (χ3n) is 1.24. The number of carbonyl (C=O) groups is 2. The number of anilines is 1. The van der Waals surface area contributed by atoms with Crippen molar-refractivity contribution in [1.29, 1.82) is 0 Å². The normalized spacial score (nSPS) is 9.69. The van der Waals surface area contributed by atoms with E-state index >= 15 is 0 Å². The lowest BCUT2D eigenvalue weighted by Gasteiger charge is -1.98. The number of amides is 1. The molecule has 1 aromatic rings. The zero-order valence-electron chi connectivity index (χ0n) is 6.96. The first-order valence-corrected chi connectivity index (χ1v) is 5.28. The van der Waals surface area contributed by atoms with Crippen molar-refractivity contribution in [2.24, 2.45) is 0 Å². The van der Waals surface area contributed by atoms with Gasteiger partial charge in [0.15, 0.2) is 0 Å². The Kier molecular flexibility index (Phi) is 3.62. The summed E-state index contributed by atoms with van der Waals surface area (Å²) in [6, 6.07) is 1.79. The van der Waals surface area contributed by atoms with Crippen LogP contribution in [0.3, 0.4) is 0 Å². The fourth-order valence-electron chi connectivity index (χ4n) is 0.786. The minimum absolute atomic E-state index is 0.0600. The molecule has 0 fully saturated rings. The number of halogens is 1. The van der Waals surface area contributed by atoms with Crippen molar-refractivity contribution in [3.05, 3.63) is 15.9 Å². The van der Waals surface area contributed by atoms with Crippen LogP contribution >= 0.6 is 27.3 Å². The summed E-state index contributed by atoms with van der Waals surface area (Å²) in [5, 5.41) is 5.24. The second-order valence-corrected chi connectivity index (χ2v) is 4.38. The van der Waals surface area contributed by atoms with Crippen LogP contribution in [-0.4, -0.2) is 11.7 Å². The van der Waals surface area contributed by atoms with Gasteiger partial charge in [0.1, 0.15) is 5.78 Å². The fourth-order valence-corrected chi connectivity index (χ4v) is 2.12. The summed E-state index contributed by atoms with van der Waals surface area (Å²) in [5.41, 5.74) is 0. The maximum absolute atomic E-state index is 11.1. The minimum atomic E-state index is -0.262. The molecule has 0 bridgehead atoms. The van der Waals surface area contributed by atoms with Crippen LogP contribution in [0.1, 0.15) is 13.3 Å². The summed E-state index contributed by atoms with van der Waals surface area (Å²) < 4.78 is 0.927. The van der Waals surface area contributed by atoms with Gasteiger partial charge >= 0.3 is 0 Å². The average Bonchev–Trinajstić information content (AvgIpc) is 2.33. The number of carbonyl (C=O) groups excluding carboxylic acids is 2. The number of ketones is 1. The second-order valence-electron chi connectivity index (χ2n) is 2.56. The summed E-state index contributed by atoms with van der Waals surface area (Å²) in [5.74, 6) is -0.394. The molecule has 0 spiro atoms. The molecule has 0 unspecified atom stereocenters. The number of thiophene rings is 1. The average molecular weight is 262 g/mol. The SMILES string of the molecule is CC(=O)CC(=O)Nc1cc(Br)cs1. The lowest BCUT2D eigenvalue weighted by Crippen LogP contribution is -2.13. The molecule has 0 radical (unpaired) electrons. The van der Waals surface area contributed by atoms with Crippen molar-refractivity contribution in [3.8, 4) is 0 Å². The van der Waals surface area contributed by atoms with E-state index in [1.165, 1.54) is 18.3 Å². The molecule has 0 atom stereocenters. The molecule has 1 heterocycles. The number of hydrogen-bond donors (Lipinski definition) is 1. The predicted molar refractivity (Wildman–Crippen MR) is 55.9 cm³/mol. The van der Waals surface area contributed by atoms with Crippen molar-refractivity contribution in [2.45, 2.75) is 13.3 Å². The third-order valence-corrected chi connectivity index (χ3v) is 2.85. The van der Waals surface area contributed by atoms with Gasteiger partial charge in [-0.25, -0.2) is 0 Å². The fraction of sp³-hybridized carbons (Fsp3) is 0.250. The van der Waals surface area contributed by atoms with Crippen LogP contribution in [0.25, 0.3) is 0 Å². The number of hydrogen-bond acceptors (Lipinski definition) is 3. The highest BCUT2D eigenvalue weighted by Gasteiger charge is 2.06. The monoisotopic (exact) mass is 261 g/mol. The van der Waals surface area contributed by atoms with Crippen LogP contribution < -0.4 is 5.32 Å². The first kappa shape index (κ1) is 10.4. The number of nitrogens with one attached hydrogen (secondary N) is 1. The van der Waals surface area contributed by atoms with Gasteiger partial charge in [-0.15, -0.1) is 11.3 Å². The lowest BCUT2D eigenvalue weighted by molar-refractivity contribution is -0.124. The van der Waals surface area contributed by atoms with Gasteiger partial charge in [0, 0.05) is 9.85 Å². The molecule has 1 aromatic heterocycles. The Hall–Kier alpha value is -0.680. The molecule has 0 aromatic carbocycles. The standard InChI is InChI=1S/C8H8BrNO2S/c1-5(11)2-7(12)10-8-3-6(9)4-13-8/h3-4H,2H2,1H3,(H,10,12). The van der Waals surface area contributed by atoms with Crippen LogP contribution in [0, 0.1) is 0 Å². The van der Waals surface area contributed by atoms with Gasteiger partial charge in [0.25, 0.3) is 0 Å². The lowest BCUT2D eigenvalue weighted by atomic mass is 10.3. The van der Waals surface area contributed by atoms with Gasteiger partial charge < -0.3 is 5.32 Å². The van der Waals surface area contributed by atoms with Gasteiger partial charge in [-0.3, -0.25) is 9.59 Å². The molecule has 0 saturated carbocycles. The molecule has 0 saturated heterocycles. The van der Waals surface area contributed by atoms with Crippen LogP contribution in [0.5, 0.6) is 0 Å². The van der Waals surface area contributed by atoms with E-state index in [-0.39, 0.29) is 18.1 Å². The maximum atomic E-state index is 11.1. The van der Waals surface area contributed by atoms with Gasteiger partial charge in [0.05, 0.1) is 11.4 Å². The molecule has 70 valence electrons. The third kappa shape index (κ3) is 3.69. The molecule has 1 amide bonds. The van der Waals surface area contributed by atoms with Crippen LogP contribution in [0.4, 0.5) is 5.00 Å². The maximum Gasteiger partial charge on any atom is 0.232 e. The Morgan fingerprint density at radius 1 is 1.62 bits per heavy atom. The highest BCUT2D eigenvalue weighted by atomic mass is 79.9. The van der Waals surface area contributed by atoms with Crippen molar-refractivity contribution in [1.82, 2.24) is 0 Å². The smallest absolute Gasteiger partial charge is 0.232 e. The highest BCUT2D eigenvalue weighted by Crippen LogP contribution is 2.24. The first-order valence-electron chi connectivity index (χ1n) is 3.61. The van der Waals surface area contributed by atoms with E-state index in [0.717, 1.165) is 9.47 Å². The van der Waals surface area contributed by atoms with E-state index < -0.39 is 0 Å². The summed E-state index contributed by atoms with van der Waals surface area (Å²) in [6.45, 7) is 1.39. The molecule has 0 aliphatic carbocycles. The van der Waals surface area contributed by atoms with Gasteiger partial charge in [-0.1, -0.05) is 0 Å². The van der Waals surface area contributed by atoms with Crippen LogP contribution in [0.2, 0.25) is 0 Å². The van der Waals surface area contributed by atoms with E-state index in [4.69, 9.17) is 0 Å². The number of Topliss-reactive ketones (excluding diaryl/α,β-unsaturated/α-hetero) is 1. The van der Waals surface area contributed by atoms with E-state index in [0.29, 0.717) is 0 Å². The summed E-state index contributed by atoms with van der Waals surface area (Å²) in [7, 11) is 0. The molecule has 0 aliphatic heterocycles. The van der Waals surface area contributed by atoms with E-state index in [1.54, 1.807) is 6.07 Å². The van der Waals surface area contributed by atoms with Crippen molar-refractivity contribution in [3.63, 3.8) is 0 Å². The summed E-state index contributed by atoms with van der Waals surface area (Å²) >= 11 is 4.68. The first-order chi connectivity index (χ1) is 6.08. The van der Waals surface area contributed by atoms with Gasteiger partial charge in [-0.05, 0) is 28.9 Å². The molecule has 1 N–H and O–H groups in total. The molecule has 0 aliphatic rings. The Bertz CT molecular complexity index is 335. The molecule has 5 heteroatoms. The van der Waals surface area contributed by atoms with Crippen LogP contribution in [0.15, 0.2) is 15.9 Å². The minimum Gasteiger partial charge on any atom is -0.317 e. The van der Waals surface area contributed by atoms with E-state index in [1.807, 2.05) is 5.38 Å². The zero-order valence-corrected chi connectivity index (χ0v) is 9.37. The predicted octanol–water partition coefficient (Wildman–Crippen LogP) is 2.43. The topological polar surface area (TPSA) is 46.2 Å². The van der Waals surface area contributed by atoms with Crippen molar-refractivity contribution < 1.29 is 9.59 Å². The van der Waals surface area contributed by atoms with Crippen LogP contribution in [-0.2, 0) is 9.59 Å². The second kappa shape index (κ2) is 4.53. The largest absolute Gasteiger partial charge is 0.317 e. The Labute approximate surface area is 88.3 Å². The molecular formula is C8H8BrNO2S. The summed E-state index contributed by atoms with van der Waals surface area (Å²) in [4.78, 5) is 21.7.